The summed E-state index contributed by atoms with van der Waals surface area (Å²) >= 11 is 0. The summed E-state index contributed by atoms with van der Waals surface area (Å²) < 4.78 is 80.5. The van der Waals surface area contributed by atoms with E-state index in [0.29, 0.717) is 16.8 Å². The van der Waals surface area contributed by atoms with Crippen LogP contribution in [0.25, 0.3) is 5.69 Å². The molecule has 12 heteroatoms. The van der Waals surface area contributed by atoms with Crippen molar-refractivity contribution in [3.63, 3.8) is 0 Å². The molecule has 2 aromatic carbocycles. The Labute approximate surface area is 171 Å². The van der Waals surface area contributed by atoms with Crippen LogP contribution in [-0.2, 0) is 19.3 Å². The first kappa shape index (κ1) is 22.2. The molecule has 0 bridgehead atoms. The quantitative estimate of drug-likeness (QED) is 0.518. The predicted octanol–water partition coefficient (Wildman–Crippen LogP) is 4.12. The molecule has 0 saturated carbocycles. The number of carbonyl (C=O) groups is 1. The van der Waals surface area contributed by atoms with E-state index in [4.69, 9.17) is 5.11 Å². The molecule has 3 rings (SSSR count). The van der Waals surface area contributed by atoms with Crippen LogP contribution in [-0.4, -0.2) is 20.9 Å². The van der Waals surface area contributed by atoms with Gasteiger partial charge in [-0.05, 0) is 30.3 Å². The molecule has 31 heavy (non-hydrogen) atoms. The van der Waals surface area contributed by atoms with Crippen molar-refractivity contribution in [1.29, 1.82) is 0 Å². The van der Waals surface area contributed by atoms with Crippen molar-refractivity contribution in [2.45, 2.75) is 19.3 Å². The molecular formula is C19H14F6N4O2. The summed E-state index contributed by atoms with van der Waals surface area (Å²) in [6.45, 7) is -1.03. The fourth-order valence-electron chi connectivity index (χ4n) is 2.67. The first-order valence-corrected chi connectivity index (χ1v) is 8.63. The third kappa shape index (κ3) is 5.34. The van der Waals surface area contributed by atoms with Gasteiger partial charge in [-0.1, -0.05) is 6.07 Å². The molecule has 0 unspecified atom stereocenters. The lowest BCUT2D eigenvalue weighted by Gasteiger charge is -2.11. The van der Waals surface area contributed by atoms with Crippen molar-refractivity contribution in [1.82, 2.24) is 15.1 Å². The predicted molar refractivity (Wildman–Crippen MR) is 96.7 cm³/mol. The van der Waals surface area contributed by atoms with Crippen molar-refractivity contribution in [3.8, 4) is 5.69 Å². The fourth-order valence-corrected chi connectivity index (χ4v) is 2.67. The number of alkyl halides is 3. The highest BCUT2D eigenvalue weighted by Gasteiger charge is 2.35. The Morgan fingerprint density at radius 3 is 2.29 bits per heavy atom. The highest BCUT2D eigenvalue weighted by atomic mass is 19.4. The number of aromatic nitrogens is 2. The minimum absolute atomic E-state index is 0.0110. The Hall–Kier alpha value is -3.54. The lowest BCUT2D eigenvalue weighted by molar-refractivity contribution is -0.141. The monoisotopic (exact) mass is 444 g/mol. The second-order valence-corrected chi connectivity index (χ2v) is 6.33. The molecule has 0 aliphatic heterocycles. The zero-order valence-electron chi connectivity index (χ0n) is 15.5. The number of halogens is 6. The number of amides is 2. The van der Waals surface area contributed by atoms with Gasteiger partial charge in [-0.15, -0.1) is 0 Å². The first-order valence-electron chi connectivity index (χ1n) is 8.63. The number of hydrogen-bond acceptors (Lipinski definition) is 3. The molecule has 0 spiro atoms. The van der Waals surface area contributed by atoms with Crippen LogP contribution < -0.4 is 10.6 Å². The van der Waals surface area contributed by atoms with E-state index in [1.807, 2.05) is 0 Å². The lowest BCUT2D eigenvalue weighted by Crippen LogP contribution is -2.29. The summed E-state index contributed by atoms with van der Waals surface area (Å²) in [6, 6.07) is 5.36. The number of benzene rings is 2. The Morgan fingerprint density at radius 2 is 1.71 bits per heavy atom. The third-order valence-electron chi connectivity index (χ3n) is 4.08. The zero-order valence-corrected chi connectivity index (χ0v) is 15.5. The van der Waals surface area contributed by atoms with Crippen molar-refractivity contribution in [3.05, 3.63) is 76.9 Å². The van der Waals surface area contributed by atoms with Crippen molar-refractivity contribution >= 4 is 11.7 Å². The molecule has 0 fully saturated rings. The molecular weight excluding hydrogens is 430 g/mol. The summed E-state index contributed by atoms with van der Waals surface area (Å²) in [6.07, 6.45) is -4.83. The maximum absolute atomic E-state index is 13.7. The van der Waals surface area contributed by atoms with E-state index in [1.54, 1.807) is 0 Å². The van der Waals surface area contributed by atoms with E-state index in [9.17, 15) is 31.1 Å². The van der Waals surface area contributed by atoms with Crippen LogP contribution in [0.4, 0.5) is 36.8 Å². The summed E-state index contributed by atoms with van der Waals surface area (Å²) in [7, 11) is 0. The SMILES string of the molecule is O=C(NCc1cc(C(F)(F)F)nn1-c1cc(F)cc(F)c1)Nc1ccc(CO)c(F)c1. The Balaban J connectivity index is 1.81. The normalized spacial score (nSPS) is 11.5. The Kier molecular flexibility index (Phi) is 6.20. The van der Waals surface area contributed by atoms with Gasteiger partial charge in [0.25, 0.3) is 0 Å². The van der Waals surface area contributed by atoms with Gasteiger partial charge in [0.15, 0.2) is 5.69 Å². The van der Waals surface area contributed by atoms with E-state index in [2.05, 4.69) is 15.7 Å². The number of rotatable bonds is 5. The van der Waals surface area contributed by atoms with Crippen molar-refractivity contribution in [2.75, 3.05) is 5.32 Å². The Bertz CT molecular complexity index is 1090. The van der Waals surface area contributed by atoms with Crippen LogP contribution >= 0.6 is 0 Å². The molecule has 0 aliphatic carbocycles. The average Bonchev–Trinajstić information content (AvgIpc) is 3.10. The standard InChI is InChI=1S/C19H14F6N4O2/c20-11-3-12(21)5-14(4-11)29-15(7-17(28-29)19(23,24)25)8-26-18(31)27-13-2-1-10(9-30)16(22)6-13/h1-7,30H,8-9H2,(H2,26,27,31). The van der Waals surface area contributed by atoms with E-state index in [0.717, 1.165) is 18.2 Å². The number of urea groups is 1. The number of aliphatic hydroxyl groups excluding tert-OH is 1. The molecule has 0 aliphatic rings. The smallest absolute Gasteiger partial charge is 0.392 e. The van der Waals surface area contributed by atoms with Crippen LogP contribution in [0.5, 0.6) is 0 Å². The van der Waals surface area contributed by atoms with Gasteiger partial charge in [-0.2, -0.15) is 18.3 Å². The number of anilines is 1. The molecule has 3 N–H and O–H groups in total. The van der Waals surface area contributed by atoms with Crippen molar-refractivity contribution < 1.29 is 36.2 Å². The second-order valence-electron chi connectivity index (χ2n) is 6.33. The van der Waals surface area contributed by atoms with Crippen LogP contribution in [0.15, 0.2) is 42.5 Å². The van der Waals surface area contributed by atoms with Gasteiger partial charge in [-0.25, -0.2) is 22.6 Å². The Morgan fingerprint density at radius 1 is 1.03 bits per heavy atom. The number of aliphatic hydroxyl groups is 1. The minimum Gasteiger partial charge on any atom is -0.392 e. The highest BCUT2D eigenvalue weighted by Crippen LogP contribution is 2.30. The van der Waals surface area contributed by atoms with Crippen LogP contribution in [0.1, 0.15) is 17.0 Å². The maximum atomic E-state index is 13.7. The summed E-state index contributed by atoms with van der Waals surface area (Å²) in [5, 5.41) is 16.8. The zero-order chi connectivity index (χ0) is 22.8. The van der Waals surface area contributed by atoms with Gasteiger partial charge < -0.3 is 15.7 Å². The number of hydrogen-bond donors (Lipinski definition) is 3. The summed E-state index contributed by atoms with van der Waals surface area (Å²) in [4.78, 5) is 12.0. The van der Waals surface area contributed by atoms with Crippen LogP contribution in [0, 0.1) is 17.5 Å². The largest absolute Gasteiger partial charge is 0.435 e. The molecule has 3 aromatic rings. The molecule has 0 atom stereocenters. The van der Waals surface area contributed by atoms with E-state index in [1.165, 1.54) is 12.1 Å². The van der Waals surface area contributed by atoms with E-state index in [-0.39, 0.29) is 22.6 Å². The van der Waals surface area contributed by atoms with Gasteiger partial charge in [-0.3, -0.25) is 0 Å². The number of carbonyl (C=O) groups excluding carboxylic acids is 1. The molecule has 1 heterocycles. The van der Waals surface area contributed by atoms with E-state index < -0.39 is 48.5 Å². The molecule has 1 aromatic heterocycles. The second kappa shape index (κ2) is 8.68. The van der Waals surface area contributed by atoms with Gasteiger partial charge in [0.05, 0.1) is 24.5 Å². The lowest BCUT2D eigenvalue weighted by atomic mass is 10.2. The van der Waals surface area contributed by atoms with Gasteiger partial charge >= 0.3 is 12.2 Å². The molecule has 0 radical (unpaired) electrons. The summed E-state index contributed by atoms with van der Waals surface area (Å²) in [5.74, 6) is -2.81. The minimum atomic E-state index is -4.83. The van der Waals surface area contributed by atoms with Gasteiger partial charge in [0.1, 0.15) is 17.5 Å². The third-order valence-corrected chi connectivity index (χ3v) is 4.08. The number of nitrogens with one attached hydrogen (secondary N) is 2. The average molecular weight is 444 g/mol. The topological polar surface area (TPSA) is 79.2 Å². The van der Waals surface area contributed by atoms with Crippen LogP contribution in [0.3, 0.4) is 0 Å². The molecule has 6 nitrogen and oxygen atoms in total. The van der Waals surface area contributed by atoms with Crippen LogP contribution in [0.2, 0.25) is 0 Å². The van der Waals surface area contributed by atoms with E-state index >= 15 is 0 Å². The highest BCUT2D eigenvalue weighted by molar-refractivity contribution is 5.89. The summed E-state index contributed by atoms with van der Waals surface area (Å²) in [5.41, 5.74) is -1.81. The maximum Gasteiger partial charge on any atom is 0.435 e. The van der Waals surface area contributed by atoms with Gasteiger partial charge in [0, 0.05) is 17.3 Å². The van der Waals surface area contributed by atoms with Crippen molar-refractivity contribution in [2.24, 2.45) is 0 Å². The molecule has 0 saturated heterocycles. The van der Waals surface area contributed by atoms with Gasteiger partial charge in [0.2, 0.25) is 0 Å². The first-order chi connectivity index (χ1) is 14.6. The number of nitrogens with zero attached hydrogens (tertiary/aromatic N) is 2. The fraction of sp³-hybridized carbons (Fsp3) is 0.158. The molecule has 2 amide bonds. The molecule has 164 valence electrons.